The molecule has 6 nitrogen and oxygen atoms in total. The van der Waals surface area contributed by atoms with Crippen molar-refractivity contribution in [2.45, 2.75) is 40.0 Å². The average Bonchev–Trinajstić information content (AvgIpc) is 2.92. The number of aliphatic imine (C=N–C) groups is 1. The van der Waals surface area contributed by atoms with Crippen LogP contribution < -0.4 is 10.6 Å². The van der Waals surface area contributed by atoms with E-state index in [0.29, 0.717) is 5.15 Å². The summed E-state index contributed by atoms with van der Waals surface area (Å²) in [6.07, 6.45) is 4.56. The lowest BCUT2D eigenvalue weighted by Gasteiger charge is -2.11. The van der Waals surface area contributed by atoms with Crippen LogP contribution in [0.5, 0.6) is 0 Å². The van der Waals surface area contributed by atoms with Crippen molar-refractivity contribution in [2.24, 2.45) is 4.99 Å². The van der Waals surface area contributed by atoms with E-state index in [4.69, 9.17) is 16.1 Å². The fourth-order valence-electron chi connectivity index (χ4n) is 2.53. The lowest BCUT2D eigenvalue weighted by molar-refractivity contribution is 0.392. The third-order valence-corrected chi connectivity index (χ3v) is 4.10. The maximum absolute atomic E-state index is 5.80. The molecule has 0 spiro atoms. The van der Waals surface area contributed by atoms with E-state index in [0.717, 1.165) is 61.9 Å². The Kier molecular flexibility index (Phi) is 7.73. The Balaban J connectivity index is 1.76. The van der Waals surface area contributed by atoms with Crippen LogP contribution in [0.4, 0.5) is 0 Å². The van der Waals surface area contributed by atoms with Gasteiger partial charge in [-0.2, -0.15) is 0 Å². The van der Waals surface area contributed by atoms with E-state index in [1.54, 1.807) is 6.20 Å². The highest BCUT2D eigenvalue weighted by Gasteiger charge is 2.07. The minimum Gasteiger partial charge on any atom is -0.361 e. The van der Waals surface area contributed by atoms with E-state index in [9.17, 15) is 0 Å². The van der Waals surface area contributed by atoms with E-state index < -0.39 is 0 Å². The molecular formula is C18H26ClN5O. The van der Waals surface area contributed by atoms with Gasteiger partial charge in [-0.3, -0.25) is 4.99 Å². The van der Waals surface area contributed by atoms with Crippen molar-refractivity contribution in [1.29, 1.82) is 0 Å². The summed E-state index contributed by atoms with van der Waals surface area (Å²) < 4.78 is 5.19. The quantitative estimate of drug-likeness (QED) is 0.326. The molecule has 0 bridgehead atoms. The van der Waals surface area contributed by atoms with Gasteiger partial charge in [-0.05, 0) is 51.7 Å². The van der Waals surface area contributed by atoms with E-state index in [-0.39, 0.29) is 0 Å². The van der Waals surface area contributed by atoms with Gasteiger partial charge >= 0.3 is 0 Å². The van der Waals surface area contributed by atoms with Crippen molar-refractivity contribution < 1.29 is 4.52 Å². The molecule has 2 heterocycles. The predicted octanol–water partition coefficient (Wildman–Crippen LogP) is 3.07. The Bertz CT molecular complexity index is 662. The van der Waals surface area contributed by atoms with Gasteiger partial charge in [-0.25, -0.2) is 4.98 Å². The van der Waals surface area contributed by atoms with Crippen LogP contribution >= 0.6 is 11.6 Å². The summed E-state index contributed by atoms with van der Waals surface area (Å²) in [5.74, 6) is 1.74. The van der Waals surface area contributed by atoms with Gasteiger partial charge in [-0.1, -0.05) is 22.8 Å². The molecule has 2 aromatic heterocycles. The first-order valence-corrected chi connectivity index (χ1v) is 9.02. The van der Waals surface area contributed by atoms with Crippen molar-refractivity contribution in [1.82, 2.24) is 20.8 Å². The lowest BCUT2D eigenvalue weighted by atomic mass is 10.1. The topological polar surface area (TPSA) is 75.3 Å². The highest BCUT2D eigenvalue weighted by atomic mass is 35.5. The summed E-state index contributed by atoms with van der Waals surface area (Å²) in [7, 11) is 0. The van der Waals surface area contributed by atoms with Gasteiger partial charge in [0.2, 0.25) is 0 Å². The molecule has 2 aromatic rings. The zero-order valence-corrected chi connectivity index (χ0v) is 15.9. The first kappa shape index (κ1) is 19.2. The van der Waals surface area contributed by atoms with Crippen LogP contribution in [0.15, 0.2) is 27.8 Å². The molecule has 0 fully saturated rings. The molecule has 0 aliphatic heterocycles. The van der Waals surface area contributed by atoms with E-state index in [1.165, 1.54) is 5.56 Å². The first-order chi connectivity index (χ1) is 12.1. The van der Waals surface area contributed by atoms with Gasteiger partial charge < -0.3 is 15.2 Å². The van der Waals surface area contributed by atoms with Crippen LogP contribution in [-0.4, -0.2) is 35.7 Å². The van der Waals surface area contributed by atoms with Crippen LogP contribution in [0.1, 0.15) is 35.9 Å². The Morgan fingerprint density at radius 3 is 2.72 bits per heavy atom. The molecule has 0 amide bonds. The second-order valence-electron chi connectivity index (χ2n) is 5.83. The highest BCUT2D eigenvalue weighted by Crippen LogP contribution is 2.14. The number of hydrogen-bond acceptors (Lipinski definition) is 4. The summed E-state index contributed by atoms with van der Waals surface area (Å²) in [6, 6.07) is 3.80. The number of hydrogen-bond donors (Lipinski definition) is 2. The minimum absolute atomic E-state index is 0.518. The molecule has 0 saturated heterocycles. The van der Waals surface area contributed by atoms with Gasteiger partial charge in [-0.15, -0.1) is 0 Å². The minimum atomic E-state index is 0.518. The second kappa shape index (κ2) is 10.0. The molecule has 0 unspecified atom stereocenters. The van der Waals surface area contributed by atoms with Crippen LogP contribution in [0.3, 0.4) is 0 Å². The van der Waals surface area contributed by atoms with Crippen molar-refractivity contribution in [2.75, 3.05) is 19.6 Å². The number of guanidine groups is 1. The standard InChI is InChI=1S/C18H26ClN5O/c1-4-20-18(22-11-9-15-7-8-17(19)23-12-15)21-10-5-6-16-13(2)24-25-14(16)3/h7-8,12H,4-6,9-11H2,1-3H3,(H2,20,21,22). The van der Waals surface area contributed by atoms with Crippen LogP contribution in [0.25, 0.3) is 0 Å². The SMILES string of the molecule is CCNC(=NCCCc1c(C)noc1C)NCCc1ccc(Cl)nc1. The van der Waals surface area contributed by atoms with Gasteiger partial charge in [0.1, 0.15) is 10.9 Å². The van der Waals surface area contributed by atoms with Crippen LogP contribution in [-0.2, 0) is 12.8 Å². The van der Waals surface area contributed by atoms with Crippen molar-refractivity contribution in [3.63, 3.8) is 0 Å². The zero-order valence-electron chi connectivity index (χ0n) is 15.1. The van der Waals surface area contributed by atoms with E-state index >= 15 is 0 Å². The Hall–Kier alpha value is -2.08. The Morgan fingerprint density at radius 1 is 1.24 bits per heavy atom. The highest BCUT2D eigenvalue weighted by molar-refractivity contribution is 6.29. The molecule has 0 aliphatic rings. The number of aryl methyl sites for hydroxylation is 2. The number of nitrogens with one attached hydrogen (secondary N) is 2. The Labute approximate surface area is 154 Å². The molecule has 136 valence electrons. The second-order valence-corrected chi connectivity index (χ2v) is 6.22. The molecule has 0 aliphatic carbocycles. The summed E-state index contributed by atoms with van der Waals surface area (Å²) in [5.41, 5.74) is 3.32. The van der Waals surface area contributed by atoms with E-state index in [2.05, 4.69) is 32.7 Å². The van der Waals surface area contributed by atoms with E-state index in [1.807, 2.05) is 26.0 Å². The summed E-state index contributed by atoms with van der Waals surface area (Å²) >= 11 is 5.80. The number of aromatic nitrogens is 2. The maximum atomic E-state index is 5.80. The monoisotopic (exact) mass is 363 g/mol. The Morgan fingerprint density at radius 2 is 2.08 bits per heavy atom. The number of rotatable bonds is 8. The van der Waals surface area contributed by atoms with Crippen molar-refractivity contribution in [3.05, 3.63) is 46.1 Å². The van der Waals surface area contributed by atoms with Gasteiger partial charge in [0.05, 0.1) is 5.69 Å². The number of halogens is 1. The maximum Gasteiger partial charge on any atom is 0.191 e. The summed E-state index contributed by atoms with van der Waals surface area (Å²) in [6.45, 7) is 8.37. The van der Waals surface area contributed by atoms with Crippen molar-refractivity contribution in [3.8, 4) is 0 Å². The largest absolute Gasteiger partial charge is 0.361 e. The average molecular weight is 364 g/mol. The lowest BCUT2D eigenvalue weighted by Crippen LogP contribution is -2.38. The molecule has 2 rings (SSSR count). The molecular weight excluding hydrogens is 338 g/mol. The molecule has 0 aromatic carbocycles. The van der Waals surface area contributed by atoms with Gasteiger partial charge in [0.15, 0.2) is 5.96 Å². The molecule has 25 heavy (non-hydrogen) atoms. The molecule has 0 radical (unpaired) electrons. The van der Waals surface area contributed by atoms with Crippen molar-refractivity contribution >= 4 is 17.6 Å². The smallest absolute Gasteiger partial charge is 0.191 e. The van der Waals surface area contributed by atoms with Crippen LogP contribution in [0.2, 0.25) is 5.15 Å². The normalized spacial score (nSPS) is 11.6. The zero-order chi connectivity index (χ0) is 18.1. The van der Waals surface area contributed by atoms with Gasteiger partial charge in [0.25, 0.3) is 0 Å². The molecule has 2 N–H and O–H groups in total. The third-order valence-electron chi connectivity index (χ3n) is 3.88. The summed E-state index contributed by atoms with van der Waals surface area (Å²) in [4.78, 5) is 8.72. The van der Waals surface area contributed by atoms with Crippen LogP contribution in [0, 0.1) is 13.8 Å². The number of pyridine rings is 1. The van der Waals surface area contributed by atoms with Gasteiger partial charge in [0, 0.05) is 31.4 Å². The first-order valence-electron chi connectivity index (χ1n) is 8.64. The molecule has 0 atom stereocenters. The predicted molar refractivity (Wildman–Crippen MR) is 101 cm³/mol. The molecule has 7 heteroatoms. The third kappa shape index (κ3) is 6.38. The number of nitrogens with zero attached hydrogens (tertiary/aromatic N) is 3. The fourth-order valence-corrected chi connectivity index (χ4v) is 2.64. The molecule has 0 saturated carbocycles. The fraction of sp³-hybridized carbons (Fsp3) is 0.500. The summed E-state index contributed by atoms with van der Waals surface area (Å²) in [5, 5.41) is 11.1.